The van der Waals surface area contributed by atoms with Crippen LogP contribution < -0.4 is 15.5 Å². The van der Waals surface area contributed by atoms with Crippen molar-refractivity contribution in [3.05, 3.63) is 64.3 Å². The van der Waals surface area contributed by atoms with Crippen LogP contribution in [0.1, 0.15) is 11.1 Å². The van der Waals surface area contributed by atoms with Crippen molar-refractivity contribution < 1.29 is 19.1 Å². The Balaban J connectivity index is 1.43. The molecular formula is C23H23ClN4O4. The van der Waals surface area contributed by atoms with E-state index in [-0.39, 0.29) is 12.2 Å². The molecule has 2 saturated heterocycles. The minimum Gasteiger partial charge on any atom is -0.378 e. The van der Waals surface area contributed by atoms with Crippen LogP contribution in [0.15, 0.2) is 48.2 Å². The van der Waals surface area contributed by atoms with Crippen molar-refractivity contribution in [1.29, 1.82) is 0 Å². The Kier molecular flexibility index (Phi) is 6.43. The smallest absolute Gasteiger partial charge is 0.329 e. The van der Waals surface area contributed by atoms with Crippen molar-refractivity contribution in [2.45, 2.75) is 6.92 Å². The van der Waals surface area contributed by atoms with Gasteiger partial charge in [0.05, 0.1) is 13.2 Å². The van der Waals surface area contributed by atoms with E-state index in [1.54, 1.807) is 30.3 Å². The molecule has 0 aliphatic carbocycles. The molecule has 0 unspecified atom stereocenters. The van der Waals surface area contributed by atoms with Gasteiger partial charge in [0.25, 0.3) is 5.91 Å². The van der Waals surface area contributed by atoms with Crippen LogP contribution in [0.3, 0.4) is 0 Å². The van der Waals surface area contributed by atoms with E-state index in [1.807, 2.05) is 19.1 Å². The maximum atomic E-state index is 12.7. The second-order valence-corrected chi connectivity index (χ2v) is 8.01. The Bertz CT molecular complexity index is 1080. The molecule has 2 fully saturated rings. The number of ether oxygens (including phenoxy) is 1. The number of nitrogens with zero attached hydrogens (tertiary/aromatic N) is 2. The standard InChI is InChI=1S/C23H23ClN4O4/c1-15-12-19(27-8-10-32-11-9-27)7-2-16(15)13-20-22(30)28(23(31)26-20)14-21(29)25-18-5-3-17(24)4-6-18/h2-7,12-13H,8-11,14H2,1H3,(H,25,29)(H,26,31)/b20-13-. The van der Waals surface area contributed by atoms with Crippen LogP contribution in [0.4, 0.5) is 16.2 Å². The van der Waals surface area contributed by atoms with Gasteiger partial charge in [0.15, 0.2) is 0 Å². The number of nitrogens with one attached hydrogen (secondary N) is 2. The van der Waals surface area contributed by atoms with Crippen LogP contribution in [-0.4, -0.2) is 55.6 Å². The molecule has 0 bridgehead atoms. The van der Waals surface area contributed by atoms with E-state index in [0.717, 1.165) is 34.8 Å². The summed E-state index contributed by atoms with van der Waals surface area (Å²) in [6.45, 7) is 4.64. The number of hydrogen-bond donors (Lipinski definition) is 2. The summed E-state index contributed by atoms with van der Waals surface area (Å²) in [6, 6.07) is 11.9. The minimum absolute atomic E-state index is 0.136. The van der Waals surface area contributed by atoms with E-state index in [0.29, 0.717) is 23.9 Å². The number of benzene rings is 2. The molecule has 2 aliphatic heterocycles. The van der Waals surface area contributed by atoms with Crippen LogP contribution in [0.2, 0.25) is 5.02 Å². The third-order valence-electron chi connectivity index (χ3n) is 5.32. The van der Waals surface area contributed by atoms with Crippen molar-refractivity contribution in [1.82, 2.24) is 10.2 Å². The number of aryl methyl sites for hydroxylation is 1. The Hall–Kier alpha value is -3.36. The predicted molar refractivity (Wildman–Crippen MR) is 123 cm³/mol. The lowest BCUT2D eigenvalue weighted by Gasteiger charge is -2.29. The number of hydrogen-bond acceptors (Lipinski definition) is 5. The average molecular weight is 455 g/mol. The molecule has 2 N–H and O–H groups in total. The summed E-state index contributed by atoms with van der Waals surface area (Å²) in [5.41, 5.74) is 3.55. The average Bonchev–Trinajstić information content (AvgIpc) is 3.04. The Morgan fingerprint density at radius 2 is 1.88 bits per heavy atom. The molecule has 4 rings (SSSR count). The van der Waals surface area contributed by atoms with Gasteiger partial charge in [0.1, 0.15) is 12.2 Å². The first-order valence-electron chi connectivity index (χ1n) is 10.2. The third kappa shape index (κ3) is 4.92. The van der Waals surface area contributed by atoms with E-state index >= 15 is 0 Å². The maximum absolute atomic E-state index is 12.7. The molecule has 0 atom stereocenters. The quantitative estimate of drug-likeness (QED) is 0.535. The van der Waals surface area contributed by atoms with E-state index in [2.05, 4.69) is 21.6 Å². The Morgan fingerprint density at radius 1 is 1.16 bits per heavy atom. The summed E-state index contributed by atoms with van der Waals surface area (Å²) in [6.07, 6.45) is 1.63. The van der Waals surface area contributed by atoms with Gasteiger partial charge < -0.3 is 20.3 Å². The fourth-order valence-corrected chi connectivity index (χ4v) is 3.71. The second-order valence-electron chi connectivity index (χ2n) is 7.57. The molecular weight excluding hydrogens is 432 g/mol. The zero-order valence-corrected chi connectivity index (χ0v) is 18.3. The third-order valence-corrected chi connectivity index (χ3v) is 5.57. The van der Waals surface area contributed by atoms with Gasteiger partial charge in [-0.3, -0.25) is 9.59 Å². The number of halogens is 1. The van der Waals surface area contributed by atoms with E-state index in [4.69, 9.17) is 16.3 Å². The highest BCUT2D eigenvalue weighted by molar-refractivity contribution is 6.30. The normalized spacial score (nSPS) is 17.6. The summed E-state index contributed by atoms with van der Waals surface area (Å²) in [5, 5.41) is 5.74. The highest BCUT2D eigenvalue weighted by Crippen LogP contribution is 2.23. The fraction of sp³-hybridized carbons (Fsp3) is 0.261. The van der Waals surface area contributed by atoms with Crippen molar-refractivity contribution in [2.75, 3.05) is 43.1 Å². The van der Waals surface area contributed by atoms with Gasteiger partial charge in [-0.15, -0.1) is 0 Å². The van der Waals surface area contributed by atoms with Crippen molar-refractivity contribution >= 4 is 46.9 Å². The van der Waals surface area contributed by atoms with Crippen molar-refractivity contribution in [3.8, 4) is 0 Å². The highest BCUT2D eigenvalue weighted by atomic mass is 35.5. The molecule has 0 saturated carbocycles. The molecule has 2 aromatic rings. The molecule has 0 aromatic heterocycles. The molecule has 0 spiro atoms. The largest absolute Gasteiger partial charge is 0.378 e. The molecule has 2 heterocycles. The van der Waals surface area contributed by atoms with Gasteiger partial charge in [-0.1, -0.05) is 17.7 Å². The first kappa shape index (κ1) is 21.9. The Morgan fingerprint density at radius 3 is 2.56 bits per heavy atom. The monoisotopic (exact) mass is 454 g/mol. The van der Waals surface area contributed by atoms with Gasteiger partial charge >= 0.3 is 6.03 Å². The fourth-order valence-electron chi connectivity index (χ4n) is 3.59. The van der Waals surface area contributed by atoms with E-state index in [1.165, 1.54) is 0 Å². The van der Waals surface area contributed by atoms with Gasteiger partial charge in [0.2, 0.25) is 5.91 Å². The SMILES string of the molecule is Cc1cc(N2CCOCC2)ccc1/C=C1\NC(=O)N(CC(=O)Nc2ccc(Cl)cc2)C1=O. The zero-order valence-electron chi connectivity index (χ0n) is 17.6. The summed E-state index contributed by atoms with van der Waals surface area (Å²) in [5.74, 6) is -1.03. The number of carbonyl (C=O) groups is 3. The number of carbonyl (C=O) groups excluding carboxylic acids is 3. The zero-order chi connectivity index (χ0) is 22.7. The van der Waals surface area contributed by atoms with Crippen LogP contribution in [-0.2, 0) is 14.3 Å². The maximum Gasteiger partial charge on any atom is 0.329 e. The van der Waals surface area contributed by atoms with Gasteiger partial charge in [-0.25, -0.2) is 9.69 Å². The molecule has 4 amide bonds. The summed E-state index contributed by atoms with van der Waals surface area (Å²) in [7, 11) is 0. The van der Waals surface area contributed by atoms with Crippen LogP contribution >= 0.6 is 11.6 Å². The topological polar surface area (TPSA) is 91.0 Å². The van der Waals surface area contributed by atoms with Crippen molar-refractivity contribution in [3.63, 3.8) is 0 Å². The number of rotatable bonds is 5. The van der Waals surface area contributed by atoms with Crippen LogP contribution in [0.25, 0.3) is 6.08 Å². The lowest BCUT2D eigenvalue weighted by molar-refractivity contribution is -0.127. The Labute approximate surface area is 190 Å². The lowest BCUT2D eigenvalue weighted by atomic mass is 10.1. The molecule has 0 radical (unpaired) electrons. The predicted octanol–water partition coefficient (Wildman–Crippen LogP) is 3.02. The number of amides is 4. The van der Waals surface area contributed by atoms with E-state index < -0.39 is 17.8 Å². The highest BCUT2D eigenvalue weighted by Gasteiger charge is 2.35. The number of anilines is 2. The second kappa shape index (κ2) is 9.42. The summed E-state index contributed by atoms with van der Waals surface area (Å²) < 4.78 is 5.39. The molecule has 166 valence electrons. The first-order valence-corrected chi connectivity index (χ1v) is 10.6. The number of urea groups is 1. The van der Waals surface area contributed by atoms with Gasteiger partial charge in [0, 0.05) is 29.5 Å². The molecule has 8 nitrogen and oxygen atoms in total. The molecule has 2 aliphatic rings. The summed E-state index contributed by atoms with van der Waals surface area (Å²) >= 11 is 5.83. The lowest BCUT2D eigenvalue weighted by Crippen LogP contribution is -2.38. The molecule has 32 heavy (non-hydrogen) atoms. The summed E-state index contributed by atoms with van der Waals surface area (Å²) in [4.78, 5) is 40.5. The number of morpholine rings is 1. The van der Waals surface area contributed by atoms with Gasteiger partial charge in [-0.05, 0) is 60.5 Å². The minimum atomic E-state index is -0.630. The van der Waals surface area contributed by atoms with Crippen LogP contribution in [0.5, 0.6) is 0 Å². The van der Waals surface area contributed by atoms with Crippen molar-refractivity contribution in [2.24, 2.45) is 0 Å². The van der Waals surface area contributed by atoms with E-state index in [9.17, 15) is 14.4 Å². The molecule has 2 aromatic carbocycles. The first-order chi connectivity index (χ1) is 15.4. The number of imide groups is 1. The van der Waals surface area contributed by atoms with Crippen LogP contribution in [0, 0.1) is 6.92 Å². The molecule has 9 heteroatoms. The van der Waals surface area contributed by atoms with Gasteiger partial charge in [-0.2, -0.15) is 0 Å².